The molecule has 0 fully saturated rings. The molecule has 0 spiro atoms. The van der Waals surface area contributed by atoms with Crippen molar-refractivity contribution in [1.82, 2.24) is 0 Å². The summed E-state index contributed by atoms with van der Waals surface area (Å²) in [6.45, 7) is 0.756. The Morgan fingerprint density at radius 1 is 1.44 bits per heavy atom. The van der Waals surface area contributed by atoms with E-state index in [1.165, 1.54) is 12.1 Å². The van der Waals surface area contributed by atoms with Gasteiger partial charge >= 0.3 is 6.61 Å². The predicted molar refractivity (Wildman–Crippen MR) is 62.1 cm³/mol. The van der Waals surface area contributed by atoms with Gasteiger partial charge in [-0.2, -0.15) is 8.78 Å². The van der Waals surface area contributed by atoms with Crippen LogP contribution < -0.4 is 10.5 Å². The monoisotopic (exact) mass is 249 g/mol. The highest BCUT2D eigenvalue weighted by molar-refractivity contribution is 5.85. The third kappa shape index (κ3) is 4.59. The van der Waals surface area contributed by atoms with E-state index >= 15 is 0 Å². The minimum Gasteiger partial charge on any atom is -0.435 e. The van der Waals surface area contributed by atoms with Gasteiger partial charge in [0.25, 0.3) is 0 Å². The van der Waals surface area contributed by atoms with Crippen LogP contribution in [0.4, 0.5) is 8.78 Å². The van der Waals surface area contributed by atoms with Crippen molar-refractivity contribution in [2.75, 3.05) is 0 Å². The van der Waals surface area contributed by atoms with Crippen LogP contribution >= 0.6 is 12.4 Å². The summed E-state index contributed by atoms with van der Waals surface area (Å²) in [7, 11) is 0. The lowest BCUT2D eigenvalue weighted by molar-refractivity contribution is -0.0498. The van der Waals surface area contributed by atoms with Crippen molar-refractivity contribution in [2.24, 2.45) is 5.73 Å². The fraction of sp³-hybridized carbons (Fsp3) is 0.273. The topological polar surface area (TPSA) is 35.2 Å². The van der Waals surface area contributed by atoms with Crippen molar-refractivity contribution >= 4 is 12.4 Å². The molecule has 0 aromatic heterocycles. The minimum absolute atomic E-state index is 0. The van der Waals surface area contributed by atoms with E-state index in [0.717, 1.165) is 5.56 Å². The number of alkyl halides is 2. The van der Waals surface area contributed by atoms with E-state index in [4.69, 9.17) is 5.73 Å². The molecule has 0 saturated heterocycles. The highest BCUT2D eigenvalue weighted by Gasteiger charge is 2.07. The molecule has 0 unspecified atom stereocenters. The van der Waals surface area contributed by atoms with Gasteiger partial charge in [0.05, 0.1) is 0 Å². The number of halogens is 3. The van der Waals surface area contributed by atoms with Crippen LogP contribution in [0.5, 0.6) is 5.75 Å². The van der Waals surface area contributed by atoms with Gasteiger partial charge in [-0.15, -0.1) is 19.0 Å². The van der Waals surface area contributed by atoms with E-state index in [1.807, 2.05) is 0 Å². The zero-order chi connectivity index (χ0) is 11.3. The summed E-state index contributed by atoms with van der Waals surface area (Å²) < 4.78 is 28.1. The maximum absolute atomic E-state index is 11.9. The molecule has 0 radical (unpaired) electrons. The van der Waals surface area contributed by atoms with Gasteiger partial charge in [0.15, 0.2) is 0 Å². The van der Waals surface area contributed by atoms with Crippen LogP contribution in [0.1, 0.15) is 18.0 Å². The summed E-state index contributed by atoms with van der Waals surface area (Å²) in [4.78, 5) is 0. The molecule has 1 aromatic rings. The average Bonchev–Trinajstić information content (AvgIpc) is 2.17. The van der Waals surface area contributed by atoms with Crippen LogP contribution in [-0.2, 0) is 0 Å². The number of nitrogens with two attached hydrogens (primary N) is 1. The van der Waals surface area contributed by atoms with Gasteiger partial charge in [-0.05, 0) is 24.1 Å². The summed E-state index contributed by atoms with van der Waals surface area (Å²) in [6.07, 6.45) is 2.28. The van der Waals surface area contributed by atoms with Crippen LogP contribution in [0.2, 0.25) is 0 Å². The van der Waals surface area contributed by atoms with Crippen LogP contribution in [0.15, 0.2) is 36.9 Å². The van der Waals surface area contributed by atoms with E-state index < -0.39 is 6.61 Å². The van der Waals surface area contributed by atoms with Crippen LogP contribution in [-0.4, -0.2) is 6.61 Å². The van der Waals surface area contributed by atoms with Crippen molar-refractivity contribution in [3.63, 3.8) is 0 Å². The predicted octanol–water partition coefficient (Wildman–Crippen LogP) is 3.29. The molecule has 0 aliphatic carbocycles. The first-order valence-electron chi connectivity index (χ1n) is 4.54. The van der Waals surface area contributed by atoms with E-state index in [-0.39, 0.29) is 24.2 Å². The minimum atomic E-state index is -2.81. The van der Waals surface area contributed by atoms with Crippen molar-refractivity contribution in [2.45, 2.75) is 19.1 Å². The Morgan fingerprint density at radius 3 is 2.69 bits per heavy atom. The maximum atomic E-state index is 11.9. The van der Waals surface area contributed by atoms with Crippen molar-refractivity contribution in [1.29, 1.82) is 0 Å². The molecule has 16 heavy (non-hydrogen) atoms. The molecule has 0 amide bonds. The Bertz CT molecular complexity index is 334. The molecule has 0 bridgehead atoms. The Morgan fingerprint density at radius 2 is 2.12 bits per heavy atom. The number of hydrogen-bond donors (Lipinski definition) is 1. The van der Waals surface area contributed by atoms with E-state index in [2.05, 4.69) is 11.3 Å². The third-order valence-corrected chi connectivity index (χ3v) is 1.93. The Kier molecular flexibility index (Phi) is 6.69. The largest absolute Gasteiger partial charge is 0.435 e. The van der Waals surface area contributed by atoms with Gasteiger partial charge in [-0.1, -0.05) is 18.2 Å². The van der Waals surface area contributed by atoms with E-state index in [9.17, 15) is 8.78 Å². The van der Waals surface area contributed by atoms with Gasteiger partial charge in [0.2, 0.25) is 0 Å². The van der Waals surface area contributed by atoms with Gasteiger partial charge in [0.1, 0.15) is 5.75 Å². The maximum Gasteiger partial charge on any atom is 0.387 e. The van der Waals surface area contributed by atoms with Crippen molar-refractivity contribution in [3.8, 4) is 5.75 Å². The van der Waals surface area contributed by atoms with Crippen molar-refractivity contribution < 1.29 is 13.5 Å². The van der Waals surface area contributed by atoms with Crippen LogP contribution in [0.3, 0.4) is 0 Å². The number of hydrogen-bond acceptors (Lipinski definition) is 2. The van der Waals surface area contributed by atoms with Gasteiger partial charge < -0.3 is 10.5 Å². The Balaban J connectivity index is 0.00000225. The molecular formula is C11H14ClF2NO. The summed E-state index contributed by atoms with van der Waals surface area (Å²) >= 11 is 0. The molecule has 5 heteroatoms. The molecule has 0 heterocycles. The zero-order valence-corrected chi connectivity index (χ0v) is 9.42. The number of benzene rings is 1. The molecule has 2 nitrogen and oxygen atoms in total. The van der Waals surface area contributed by atoms with Gasteiger partial charge in [-0.25, -0.2) is 0 Å². The first-order chi connectivity index (χ1) is 7.13. The molecule has 0 saturated carbocycles. The number of ether oxygens (including phenoxy) is 1. The first-order valence-corrected chi connectivity index (χ1v) is 4.54. The quantitative estimate of drug-likeness (QED) is 0.813. The summed E-state index contributed by atoms with van der Waals surface area (Å²) in [6, 6.07) is 6.16. The molecule has 2 N–H and O–H groups in total. The Hall–Kier alpha value is -1.13. The first kappa shape index (κ1) is 14.9. The van der Waals surface area contributed by atoms with Gasteiger partial charge in [-0.3, -0.25) is 0 Å². The molecule has 1 rings (SSSR count). The van der Waals surface area contributed by atoms with Crippen LogP contribution in [0.25, 0.3) is 0 Å². The fourth-order valence-corrected chi connectivity index (χ4v) is 1.24. The van der Waals surface area contributed by atoms with Gasteiger partial charge in [0, 0.05) is 6.04 Å². The van der Waals surface area contributed by atoms with Crippen molar-refractivity contribution in [3.05, 3.63) is 42.5 Å². The second-order valence-electron chi connectivity index (χ2n) is 3.08. The average molecular weight is 250 g/mol. The normalized spacial score (nSPS) is 11.8. The summed E-state index contributed by atoms with van der Waals surface area (Å²) in [5.41, 5.74) is 6.55. The second-order valence-corrected chi connectivity index (χ2v) is 3.08. The smallest absolute Gasteiger partial charge is 0.387 e. The van der Waals surface area contributed by atoms with E-state index in [0.29, 0.717) is 6.42 Å². The summed E-state index contributed by atoms with van der Waals surface area (Å²) in [5, 5.41) is 0. The highest BCUT2D eigenvalue weighted by Crippen LogP contribution is 2.21. The lowest BCUT2D eigenvalue weighted by atomic mass is 10.0. The molecule has 90 valence electrons. The third-order valence-electron chi connectivity index (χ3n) is 1.93. The fourth-order valence-electron chi connectivity index (χ4n) is 1.24. The Labute approximate surface area is 99.5 Å². The standard InChI is InChI=1S/C11H13F2NO.ClH/c1-2-4-10(14)8-5-3-6-9(7-8)15-11(12)13;/h2-3,5-7,10-11H,1,4,14H2;1H/t10-;/m0./s1. The number of rotatable bonds is 5. The van der Waals surface area contributed by atoms with Crippen LogP contribution in [0, 0.1) is 0 Å². The lowest BCUT2D eigenvalue weighted by Gasteiger charge is -2.11. The molecule has 1 aromatic carbocycles. The lowest BCUT2D eigenvalue weighted by Crippen LogP contribution is -2.09. The van der Waals surface area contributed by atoms with E-state index in [1.54, 1.807) is 18.2 Å². The SMILES string of the molecule is C=CC[C@H](N)c1cccc(OC(F)F)c1.Cl. The second kappa shape index (κ2) is 7.19. The molecule has 0 aliphatic rings. The highest BCUT2D eigenvalue weighted by atomic mass is 35.5. The molecule has 1 atom stereocenters. The molecular weight excluding hydrogens is 236 g/mol. The zero-order valence-electron chi connectivity index (χ0n) is 8.61. The summed E-state index contributed by atoms with van der Waals surface area (Å²) in [5.74, 6) is 0.127. The molecule has 0 aliphatic heterocycles.